The molecule has 21 heavy (non-hydrogen) atoms. The molecule has 1 heterocycles. The Kier molecular flexibility index (Phi) is 6.32. The number of para-hydroxylation sites is 1. The number of aromatic nitrogens is 1. The van der Waals surface area contributed by atoms with Crippen LogP contribution in [-0.4, -0.2) is 11.0 Å². The molecule has 0 aliphatic carbocycles. The zero-order chi connectivity index (χ0) is 14.9. The molecule has 3 nitrogen and oxygen atoms in total. The molecule has 114 valence electrons. The van der Waals surface area contributed by atoms with Gasteiger partial charge in [0.15, 0.2) is 0 Å². The summed E-state index contributed by atoms with van der Waals surface area (Å²) in [6.07, 6.45) is 8.96. The van der Waals surface area contributed by atoms with Gasteiger partial charge in [-0.2, -0.15) is 0 Å². The van der Waals surface area contributed by atoms with Gasteiger partial charge in [-0.15, -0.1) is 0 Å². The molecule has 0 aliphatic heterocycles. The number of hydrogen-bond acceptors (Lipinski definition) is 2. The van der Waals surface area contributed by atoms with Crippen molar-refractivity contribution in [1.29, 1.82) is 0 Å². The molecule has 2 aromatic rings. The van der Waals surface area contributed by atoms with Crippen LogP contribution < -0.4 is 4.74 Å². The third-order valence-corrected chi connectivity index (χ3v) is 3.71. The highest BCUT2D eigenvalue weighted by molar-refractivity contribution is 5.82. The molecule has 0 bridgehead atoms. The number of unbranched alkanes of at least 4 members (excludes halogenated alkanes) is 6. The predicted molar refractivity (Wildman–Crippen MR) is 86.5 cm³/mol. The summed E-state index contributed by atoms with van der Waals surface area (Å²) in [5.41, 5.74) is 0.997. The summed E-state index contributed by atoms with van der Waals surface area (Å²) in [6.45, 7) is 2.22. The molecule has 1 N–H and O–H groups in total. The van der Waals surface area contributed by atoms with Crippen LogP contribution in [-0.2, 0) is 4.79 Å². The van der Waals surface area contributed by atoms with Crippen LogP contribution >= 0.6 is 0 Å². The van der Waals surface area contributed by atoms with E-state index in [1.807, 2.05) is 30.3 Å². The molecule has 0 amide bonds. The molecule has 0 saturated carbocycles. The number of hydrogen-bond donors (Lipinski definition) is 1. The highest BCUT2D eigenvalue weighted by atomic mass is 16.5. The number of H-pyrrole nitrogens is 1. The van der Waals surface area contributed by atoms with Crippen molar-refractivity contribution >= 4 is 16.9 Å². The van der Waals surface area contributed by atoms with E-state index in [0.717, 1.165) is 23.7 Å². The van der Waals surface area contributed by atoms with Crippen LogP contribution in [0, 0.1) is 0 Å². The van der Waals surface area contributed by atoms with Gasteiger partial charge in [0.05, 0.1) is 0 Å². The Labute approximate surface area is 126 Å². The summed E-state index contributed by atoms with van der Waals surface area (Å²) in [5.74, 6) is 0.402. The van der Waals surface area contributed by atoms with Crippen LogP contribution in [0.1, 0.15) is 58.3 Å². The van der Waals surface area contributed by atoms with Crippen LogP contribution in [0.2, 0.25) is 0 Å². The van der Waals surface area contributed by atoms with E-state index in [4.69, 9.17) is 4.74 Å². The second-order valence-electron chi connectivity index (χ2n) is 5.57. The molecule has 0 saturated heterocycles. The minimum atomic E-state index is -0.143. The SMILES string of the molecule is CCCCCCCCCC(=O)Oc1cc2ccccc2[nH]1. The van der Waals surface area contributed by atoms with Crippen LogP contribution in [0.15, 0.2) is 30.3 Å². The van der Waals surface area contributed by atoms with Crippen molar-refractivity contribution in [3.63, 3.8) is 0 Å². The molecule has 0 unspecified atom stereocenters. The van der Waals surface area contributed by atoms with E-state index in [2.05, 4.69) is 11.9 Å². The Balaban J connectivity index is 1.65. The molecule has 0 aliphatic rings. The smallest absolute Gasteiger partial charge is 0.312 e. The van der Waals surface area contributed by atoms with Gasteiger partial charge in [0.2, 0.25) is 5.88 Å². The van der Waals surface area contributed by atoms with Gasteiger partial charge in [-0.3, -0.25) is 4.79 Å². The lowest BCUT2D eigenvalue weighted by molar-refractivity contribution is -0.134. The first kappa shape index (κ1) is 15.6. The molecule has 1 aromatic carbocycles. The van der Waals surface area contributed by atoms with Crippen LogP contribution in [0.25, 0.3) is 10.9 Å². The Hall–Kier alpha value is -1.77. The molecule has 0 fully saturated rings. The molecule has 0 atom stereocenters. The van der Waals surface area contributed by atoms with Crippen molar-refractivity contribution in [1.82, 2.24) is 4.98 Å². The average molecular weight is 287 g/mol. The first-order chi connectivity index (χ1) is 10.3. The van der Waals surface area contributed by atoms with Gasteiger partial charge in [0, 0.05) is 23.4 Å². The third-order valence-electron chi connectivity index (χ3n) is 3.71. The molecule has 0 spiro atoms. The van der Waals surface area contributed by atoms with E-state index >= 15 is 0 Å². The maximum absolute atomic E-state index is 11.8. The molecular weight excluding hydrogens is 262 g/mol. The minimum absolute atomic E-state index is 0.143. The van der Waals surface area contributed by atoms with Crippen LogP contribution in [0.4, 0.5) is 0 Å². The first-order valence-corrected chi connectivity index (χ1v) is 8.08. The Bertz CT molecular complexity index is 526. The maximum atomic E-state index is 11.8. The van der Waals surface area contributed by atoms with Gasteiger partial charge >= 0.3 is 5.97 Å². The lowest BCUT2D eigenvalue weighted by atomic mass is 10.1. The lowest BCUT2D eigenvalue weighted by Gasteiger charge is -2.02. The number of ether oxygens (including phenoxy) is 1. The monoisotopic (exact) mass is 287 g/mol. The largest absolute Gasteiger partial charge is 0.409 e. The fraction of sp³-hybridized carbons (Fsp3) is 0.500. The fourth-order valence-electron chi connectivity index (χ4n) is 2.50. The highest BCUT2D eigenvalue weighted by Crippen LogP contribution is 2.20. The predicted octanol–water partition coefficient (Wildman–Crippen LogP) is 5.21. The highest BCUT2D eigenvalue weighted by Gasteiger charge is 2.07. The Morgan fingerprint density at radius 3 is 2.52 bits per heavy atom. The fourth-order valence-corrected chi connectivity index (χ4v) is 2.50. The molecular formula is C18H25NO2. The number of carbonyl (C=O) groups is 1. The van der Waals surface area contributed by atoms with Gasteiger partial charge in [0.25, 0.3) is 0 Å². The zero-order valence-corrected chi connectivity index (χ0v) is 12.9. The third kappa shape index (κ3) is 5.25. The Morgan fingerprint density at radius 2 is 1.76 bits per heavy atom. The van der Waals surface area contributed by atoms with E-state index < -0.39 is 0 Å². The van der Waals surface area contributed by atoms with Gasteiger partial charge in [0.1, 0.15) is 0 Å². The standard InChI is InChI=1S/C18H25NO2/c1-2-3-4-5-6-7-8-13-18(20)21-17-14-15-11-9-10-12-16(15)19-17/h9-12,14,19H,2-8,13H2,1H3. The van der Waals surface area contributed by atoms with Gasteiger partial charge < -0.3 is 9.72 Å². The minimum Gasteiger partial charge on any atom is -0.409 e. The van der Waals surface area contributed by atoms with E-state index in [1.54, 1.807) is 0 Å². The average Bonchev–Trinajstić information content (AvgIpc) is 2.88. The van der Waals surface area contributed by atoms with Crippen molar-refractivity contribution < 1.29 is 9.53 Å². The van der Waals surface area contributed by atoms with Gasteiger partial charge in [-0.05, 0) is 12.5 Å². The number of carbonyl (C=O) groups excluding carboxylic acids is 1. The summed E-state index contributed by atoms with van der Waals surface area (Å²) in [7, 11) is 0. The normalized spacial score (nSPS) is 10.9. The lowest BCUT2D eigenvalue weighted by Crippen LogP contribution is -2.07. The number of benzene rings is 1. The van der Waals surface area contributed by atoms with E-state index in [9.17, 15) is 4.79 Å². The van der Waals surface area contributed by atoms with Crippen molar-refractivity contribution in [2.45, 2.75) is 58.3 Å². The number of rotatable bonds is 9. The zero-order valence-electron chi connectivity index (χ0n) is 12.9. The molecule has 1 aromatic heterocycles. The molecule has 0 radical (unpaired) electrons. The summed E-state index contributed by atoms with van der Waals surface area (Å²) in [6, 6.07) is 9.78. The number of fused-ring (bicyclic) bond motifs is 1. The van der Waals surface area contributed by atoms with E-state index in [-0.39, 0.29) is 5.97 Å². The maximum Gasteiger partial charge on any atom is 0.312 e. The van der Waals surface area contributed by atoms with Crippen molar-refractivity contribution in [3.05, 3.63) is 30.3 Å². The second-order valence-corrected chi connectivity index (χ2v) is 5.57. The van der Waals surface area contributed by atoms with Gasteiger partial charge in [-0.1, -0.05) is 63.6 Å². The summed E-state index contributed by atoms with van der Waals surface area (Å²) in [4.78, 5) is 14.9. The number of aromatic amines is 1. The number of nitrogens with one attached hydrogen (secondary N) is 1. The van der Waals surface area contributed by atoms with E-state index in [0.29, 0.717) is 12.3 Å². The van der Waals surface area contributed by atoms with E-state index in [1.165, 1.54) is 32.1 Å². The number of esters is 1. The molecule has 2 rings (SSSR count). The van der Waals surface area contributed by atoms with Crippen molar-refractivity contribution in [2.75, 3.05) is 0 Å². The second kappa shape index (κ2) is 8.50. The van der Waals surface area contributed by atoms with Gasteiger partial charge in [-0.25, -0.2) is 0 Å². The first-order valence-electron chi connectivity index (χ1n) is 8.08. The Morgan fingerprint density at radius 1 is 1.05 bits per heavy atom. The summed E-state index contributed by atoms with van der Waals surface area (Å²) < 4.78 is 5.35. The van der Waals surface area contributed by atoms with Crippen LogP contribution in [0.3, 0.4) is 0 Å². The van der Waals surface area contributed by atoms with Crippen LogP contribution in [0.5, 0.6) is 5.88 Å². The quantitative estimate of drug-likeness (QED) is 0.508. The van der Waals surface area contributed by atoms with Crippen molar-refractivity contribution in [2.24, 2.45) is 0 Å². The summed E-state index contributed by atoms with van der Waals surface area (Å²) >= 11 is 0. The topological polar surface area (TPSA) is 42.1 Å². The summed E-state index contributed by atoms with van der Waals surface area (Å²) in [5, 5.41) is 1.07. The van der Waals surface area contributed by atoms with Crippen molar-refractivity contribution in [3.8, 4) is 5.88 Å². The molecule has 3 heteroatoms.